The minimum absolute atomic E-state index is 0.0173. The molecule has 0 saturated carbocycles. The summed E-state index contributed by atoms with van der Waals surface area (Å²) in [6, 6.07) is 6.24. The normalized spacial score (nSPS) is 11.2. The Morgan fingerprint density at radius 2 is 0.750 bits per heavy atom. The van der Waals surface area contributed by atoms with Gasteiger partial charge in [0.15, 0.2) is 17.5 Å². The van der Waals surface area contributed by atoms with Gasteiger partial charge in [0.2, 0.25) is 0 Å². The molecule has 0 aliphatic rings. The molecule has 0 radical (unpaired) electrons. The van der Waals surface area contributed by atoms with Crippen LogP contribution < -0.4 is 0 Å². The van der Waals surface area contributed by atoms with E-state index in [1.807, 2.05) is 6.92 Å². The maximum Gasteiger partial charge on any atom is 0.194 e. The first kappa shape index (κ1) is 23.8. The Kier molecular flexibility index (Phi) is 7.59. The molecular weight excluding hydrogens is 433 g/mol. The second kappa shape index (κ2) is 10.2. The van der Waals surface area contributed by atoms with E-state index in [4.69, 9.17) is 0 Å². The van der Waals surface area contributed by atoms with Gasteiger partial charge in [0.25, 0.3) is 0 Å². The highest BCUT2D eigenvalue weighted by molar-refractivity contribution is 5.31. The molecule has 0 nitrogen and oxygen atoms in total. The van der Waals surface area contributed by atoms with Gasteiger partial charge in [-0.2, -0.15) is 0 Å². The number of benzene rings is 3. The third-order valence-corrected chi connectivity index (χ3v) is 5.31. The molecule has 0 aliphatic carbocycles. The average Bonchev–Trinajstić information content (AvgIpc) is 2.71. The molecule has 0 amide bonds. The van der Waals surface area contributed by atoms with Crippen molar-refractivity contribution in [2.24, 2.45) is 0 Å². The lowest BCUT2D eigenvalue weighted by molar-refractivity contribution is 0.445. The molecule has 0 bridgehead atoms. The SMILES string of the molecule is CCCc1cc(F)c(CCc2cc(F)c(CCc3cc(F)c(F)c(F)c3)c(F)c2)c(F)c1. The van der Waals surface area contributed by atoms with Crippen LogP contribution in [0, 0.1) is 40.7 Å². The standard InChI is InChI=1S/C25H21F7/c1-2-3-14-8-19(26)17(20(27)9-14)6-4-15-10-21(28)18(22(29)11-15)7-5-16-12-23(30)25(32)24(31)13-16/h8-13H,2-7H2,1H3. The third kappa shape index (κ3) is 5.50. The zero-order valence-corrected chi connectivity index (χ0v) is 17.4. The fourth-order valence-corrected chi connectivity index (χ4v) is 3.66. The third-order valence-electron chi connectivity index (χ3n) is 5.31. The minimum atomic E-state index is -1.61. The smallest absolute Gasteiger partial charge is 0.194 e. The van der Waals surface area contributed by atoms with Crippen molar-refractivity contribution >= 4 is 0 Å². The predicted octanol–water partition coefficient (Wildman–Crippen LogP) is 7.18. The summed E-state index contributed by atoms with van der Waals surface area (Å²) in [6.07, 6.45) is 0.920. The van der Waals surface area contributed by atoms with Gasteiger partial charge in [0, 0.05) is 11.1 Å². The Morgan fingerprint density at radius 3 is 1.09 bits per heavy atom. The van der Waals surface area contributed by atoms with Crippen molar-refractivity contribution in [1.82, 2.24) is 0 Å². The van der Waals surface area contributed by atoms with Gasteiger partial charge in [0.1, 0.15) is 23.3 Å². The van der Waals surface area contributed by atoms with Gasteiger partial charge in [-0.05, 0) is 85.2 Å². The van der Waals surface area contributed by atoms with E-state index in [2.05, 4.69) is 0 Å². The molecule has 3 aromatic rings. The van der Waals surface area contributed by atoms with Crippen molar-refractivity contribution in [2.75, 3.05) is 0 Å². The summed E-state index contributed by atoms with van der Waals surface area (Å²) in [6.45, 7) is 1.90. The second-order valence-electron chi connectivity index (χ2n) is 7.70. The fraction of sp³-hybridized carbons (Fsp3) is 0.280. The van der Waals surface area contributed by atoms with E-state index in [0.717, 1.165) is 30.7 Å². The maximum absolute atomic E-state index is 14.5. The molecule has 3 rings (SSSR count). The molecule has 0 saturated heterocycles. The second-order valence-corrected chi connectivity index (χ2v) is 7.70. The van der Waals surface area contributed by atoms with Crippen molar-refractivity contribution in [2.45, 2.75) is 45.4 Å². The van der Waals surface area contributed by atoms with Crippen LogP contribution >= 0.6 is 0 Å². The van der Waals surface area contributed by atoms with E-state index in [0.29, 0.717) is 12.0 Å². The first-order chi connectivity index (χ1) is 15.2. The lowest BCUT2D eigenvalue weighted by Crippen LogP contribution is -2.04. The summed E-state index contributed by atoms with van der Waals surface area (Å²) < 4.78 is 97.0. The van der Waals surface area contributed by atoms with Crippen LogP contribution in [0.15, 0.2) is 36.4 Å². The molecule has 170 valence electrons. The van der Waals surface area contributed by atoms with Crippen molar-refractivity contribution < 1.29 is 30.7 Å². The van der Waals surface area contributed by atoms with E-state index in [-0.39, 0.29) is 47.9 Å². The highest BCUT2D eigenvalue weighted by Crippen LogP contribution is 2.23. The van der Waals surface area contributed by atoms with Gasteiger partial charge < -0.3 is 0 Å². The molecular formula is C25H21F7. The molecule has 0 aromatic heterocycles. The first-order valence-corrected chi connectivity index (χ1v) is 10.3. The number of aryl methyl sites for hydroxylation is 3. The average molecular weight is 454 g/mol. The fourth-order valence-electron chi connectivity index (χ4n) is 3.66. The van der Waals surface area contributed by atoms with Crippen LogP contribution in [0.1, 0.15) is 41.2 Å². The highest BCUT2D eigenvalue weighted by atomic mass is 19.2. The Labute approximate surface area is 181 Å². The summed E-state index contributed by atoms with van der Waals surface area (Å²) in [5.74, 6) is -7.49. The monoisotopic (exact) mass is 454 g/mol. The molecule has 0 unspecified atom stereocenters. The zero-order valence-electron chi connectivity index (χ0n) is 17.4. The summed E-state index contributed by atoms with van der Waals surface area (Å²) in [5, 5.41) is 0. The molecule has 3 aromatic carbocycles. The largest absolute Gasteiger partial charge is 0.207 e. The van der Waals surface area contributed by atoms with Crippen LogP contribution in [-0.2, 0) is 32.1 Å². The van der Waals surface area contributed by atoms with Crippen LogP contribution in [0.25, 0.3) is 0 Å². The van der Waals surface area contributed by atoms with Gasteiger partial charge >= 0.3 is 0 Å². The van der Waals surface area contributed by atoms with E-state index in [1.165, 1.54) is 12.1 Å². The highest BCUT2D eigenvalue weighted by Gasteiger charge is 2.16. The van der Waals surface area contributed by atoms with Gasteiger partial charge in [-0.3, -0.25) is 0 Å². The molecule has 0 spiro atoms. The Balaban J connectivity index is 1.71. The topological polar surface area (TPSA) is 0 Å². The van der Waals surface area contributed by atoms with Crippen molar-refractivity contribution in [3.8, 4) is 0 Å². The number of halogens is 7. The van der Waals surface area contributed by atoms with Gasteiger partial charge in [-0.1, -0.05) is 13.3 Å². The van der Waals surface area contributed by atoms with Crippen molar-refractivity contribution in [3.05, 3.63) is 105 Å². The molecule has 0 fully saturated rings. The molecule has 32 heavy (non-hydrogen) atoms. The quantitative estimate of drug-likeness (QED) is 0.250. The molecule has 7 heteroatoms. The maximum atomic E-state index is 14.5. The Hall–Kier alpha value is -2.83. The molecule has 0 aliphatic heterocycles. The van der Waals surface area contributed by atoms with Crippen LogP contribution in [0.5, 0.6) is 0 Å². The number of hydrogen-bond donors (Lipinski definition) is 0. The summed E-state index contributed by atoms with van der Waals surface area (Å²) in [4.78, 5) is 0. The van der Waals surface area contributed by atoms with Crippen LogP contribution in [0.3, 0.4) is 0 Å². The number of hydrogen-bond acceptors (Lipinski definition) is 0. The van der Waals surface area contributed by atoms with Gasteiger partial charge in [-0.15, -0.1) is 0 Å². The van der Waals surface area contributed by atoms with Crippen LogP contribution in [0.4, 0.5) is 30.7 Å². The molecule has 0 atom stereocenters. The van der Waals surface area contributed by atoms with Crippen molar-refractivity contribution in [1.29, 1.82) is 0 Å². The predicted molar refractivity (Wildman–Crippen MR) is 108 cm³/mol. The molecule has 0 N–H and O–H groups in total. The van der Waals surface area contributed by atoms with E-state index in [9.17, 15) is 30.7 Å². The first-order valence-electron chi connectivity index (χ1n) is 10.3. The molecule has 0 heterocycles. The zero-order chi connectivity index (χ0) is 23.4. The van der Waals surface area contributed by atoms with Gasteiger partial charge in [0.05, 0.1) is 0 Å². The van der Waals surface area contributed by atoms with E-state index < -0.39 is 40.7 Å². The van der Waals surface area contributed by atoms with Crippen molar-refractivity contribution in [3.63, 3.8) is 0 Å². The summed E-state index contributed by atoms with van der Waals surface area (Å²) >= 11 is 0. The van der Waals surface area contributed by atoms with E-state index >= 15 is 0 Å². The summed E-state index contributed by atoms with van der Waals surface area (Å²) in [5.41, 5.74) is 0.393. The van der Waals surface area contributed by atoms with Crippen LogP contribution in [0.2, 0.25) is 0 Å². The summed E-state index contributed by atoms with van der Waals surface area (Å²) in [7, 11) is 0. The number of rotatable bonds is 8. The van der Waals surface area contributed by atoms with E-state index in [1.54, 1.807) is 0 Å². The lowest BCUT2D eigenvalue weighted by Gasteiger charge is -2.11. The van der Waals surface area contributed by atoms with Crippen LogP contribution in [-0.4, -0.2) is 0 Å². The lowest BCUT2D eigenvalue weighted by atomic mass is 9.97. The Morgan fingerprint density at radius 1 is 0.438 bits per heavy atom. The van der Waals surface area contributed by atoms with Gasteiger partial charge in [-0.25, -0.2) is 30.7 Å². The Bertz CT molecular complexity index is 1050. The minimum Gasteiger partial charge on any atom is -0.207 e.